The Balaban J connectivity index is 2.06. The fraction of sp³-hybridized carbons (Fsp3) is 0.750. The highest BCUT2D eigenvalue weighted by Crippen LogP contribution is 2.15. The van der Waals surface area contributed by atoms with Gasteiger partial charge in [-0.05, 0) is 19.1 Å². The number of aromatic nitrogens is 2. The van der Waals surface area contributed by atoms with E-state index < -0.39 is 0 Å². The minimum absolute atomic E-state index is 0.879. The fourth-order valence-electron chi connectivity index (χ4n) is 1.53. The Morgan fingerprint density at radius 3 is 2.38 bits per heavy atom. The van der Waals surface area contributed by atoms with Gasteiger partial charge in [-0.1, -0.05) is 5.16 Å². The van der Waals surface area contributed by atoms with E-state index in [1.807, 2.05) is 6.92 Å². The van der Waals surface area contributed by atoms with Crippen molar-refractivity contribution in [2.24, 2.45) is 0 Å². The summed E-state index contributed by atoms with van der Waals surface area (Å²) < 4.78 is 4.67. The minimum Gasteiger partial charge on any atom is -0.350 e. The minimum atomic E-state index is 0.879. The summed E-state index contributed by atoms with van der Waals surface area (Å²) in [5, 5.41) is 7.66. The molecule has 1 saturated heterocycles. The van der Waals surface area contributed by atoms with Crippen LogP contribution in [0.15, 0.2) is 4.63 Å². The molecule has 1 aliphatic rings. The highest BCUT2D eigenvalue weighted by atomic mass is 16.6. The summed E-state index contributed by atoms with van der Waals surface area (Å²) in [5.41, 5.74) is 0.879. The maximum Gasteiger partial charge on any atom is 0.196 e. The Labute approximate surface area is 77.3 Å². The molecule has 1 aromatic heterocycles. The molecular weight excluding hydrogens is 168 g/mol. The Bertz CT molecular complexity index is 277. The van der Waals surface area contributed by atoms with Crippen molar-refractivity contribution in [3.63, 3.8) is 0 Å². The van der Waals surface area contributed by atoms with Gasteiger partial charge in [-0.15, -0.1) is 0 Å². The van der Waals surface area contributed by atoms with Crippen molar-refractivity contribution in [1.82, 2.24) is 15.2 Å². The van der Waals surface area contributed by atoms with Gasteiger partial charge in [0.2, 0.25) is 0 Å². The number of anilines is 1. The summed E-state index contributed by atoms with van der Waals surface area (Å²) in [4.78, 5) is 4.52. The van der Waals surface area contributed by atoms with E-state index >= 15 is 0 Å². The second-order valence-electron chi connectivity index (χ2n) is 3.46. The lowest BCUT2D eigenvalue weighted by Crippen LogP contribution is -2.44. The van der Waals surface area contributed by atoms with Gasteiger partial charge in [0.1, 0.15) is 5.69 Å². The molecule has 0 atom stereocenters. The van der Waals surface area contributed by atoms with Crippen molar-refractivity contribution in [3.05, 3.63) is 5.69 Å². The van der Waals surface area contributed by atoms with E-state index in [1.54, 1.807) is 0 Å². The zero-order chi connectivity index (χ0) is 9.26. The molecule has 1 fully saturated rings. The second-order valence-corrected chi connectivity index (χ2v) is 3.46. The molecule has 13 heavy (non-hydrogen) atoms. The van der Waals surface area contributed by atoms with Crippen molar-refractivity contribution in [3.8, 4) is 0 Å². The third kappa shape index (κ3) is 1.65. The molecule has 0 aromatic carbocycles. The molecule has 0 radical (unpaired) electrons. The van der Waals surface area contributed by atoms with Crippen molar-refractivity contribution in [2.75, 3.05) is 38.1 Å². The Morgan fingerprint density at radius 1 is 1.15 bits per heavy atom. The molecule has 72 valence electrons. The summed E-state index contributed by atoms with van der Waals surface area (Å²) in [6, 6.07) is 0. The van der Waals surface area contributed by atoms with Crippen LogP contribution in [0.3, 0.4) is 0 Å². The summed E-state index contributed by atoms with van der Waals surface area (Å²) in [6.45, 7) is 6.08. The maximum atomic E-state index is 4.67. The number of nitrogens with zero attached hydrogens (tertiary/aromatic N) is 4. The van der Waals surface area contributed by atoms with Gasteiger partial charge in [0.15, 0.2) is 5.82 Å². The predicted octanol–water partition coefficient (Wildman–Crippen LogP) is 0.130. The number of hydrogen-bond donors (Lipinski definition) is 0. The van der Waals surface area contributed by atoms with Crippen LogP contribution in [0.25, 0.3) is 0 Å². The summed E-state index contributed by atoms with van der Waals surface area (Å²) in [7, 11) is 2.13. The number of hydrogen-bond acceptors (Lipinski definition) is 5. The molecule has 0 saturated carbocycles. The van der Waals surface area contributed by atoms with Crippen LogP contribution in [0.4, 0.5) is 5.82 Å². The molecule has 0 amide bonds. The maximum absolute atomic E-state index is 4.67. The van der Waals surface area contributed by atoms with E-state index in [9.17, 15) is 0 Å². The second kappa shape index (κ2) is 3.33. The molecule has 5 nitrogen and oxygen atoms in total. The van der Waals surface area contributed by atoms with Crippen molar-refractivity contribution in [1.29, 1.82) is 0 Å². The monoisotopic (exact) mass is 182 g/mol. The highest BCUT2D eigenvalue weighted by molar-refractivity contribution is 5.41. The summed E-state index contributed by atoms with van der Waals surface area (Å²) in [6.07, 6.45) is 0. The molecule has 0 aliphatic carbocycles. The van der Waals surface area contributed by atoms with Gasteiger partial charge in [-0.25, -0.2) is 4.63 Å². The van der Waals surface area contributed by atoms with Gasteiger partial charge < -0.3 is 9.80 Å². The molecule has 1 aliphatic heterocycles. The van der Waals surface area contributed by atoms with Crippen molar-refractivity contribution >= 4 is 5.82 Å². The molecule has 0 N–H and O–H groups in total. The molecular formula is C8H14N4O. The van der Waals surface area contributed by atoms with Crippen LogP contribution in [-0.2, 0) is 0 Å². The Hall–Kier alpha value is -1.10. The largest absolute Gasteiger partial charge is 0.350 e. The zero-order valence-corrected chi connectivity index (χ0v) is 8.03. The number of aryl methyl sites for hydroxylation is 1. The van der Waals surface area contributed by atoms with Crippen LogP contribution < -0.4 is 4.90 Å². The normalized spacial score (nSPS) is 19.4. The summed E-state index contributed by atoms with van der Waals surface area (Å²) in [5.74, 6) is 0.896. The first-order valence-electron chi connectivity index (χ1n) is 4.50. The third-order valence-corrected chi connectivity index (χ3v) is 2.43. The van der Waals surface area contributed by atoms with Gasteiger partial charge in [0.25, 0.3) is 0 Å². The lowest BCUT2D eigenvalue weighted by molar-refractivity contribution is 0.295. The van der Waals surface area contributed by atoms with Gasteiger partial charge in [-0.2, -0.15) is 0 Å². The van der Waals surface area contributed by atoms with Crippen molar-refractivity contribution in [2.45, 2.75) is 6.92 Å². The van der Waals surface area contributed by atoms with Gasteiger partial charge >= 0.3 is 0 Å². The van der Waals surface area contributed by atoms with Gasteiger partial charge in [0.05, 0.1) is 0 Å². The van der Waals surface area contributed by atoms with Crippen LogP contribution >= 0.6 is 0 Å². The molecule has 1 aromatic rings. The summed E-state index contributed by atoms with van der Waals surface area (Å²) >= 11 is 0. The Kier molecular flexibility index (Phi) is 2.18. The lowest BCUT2D eigenvalue weighted by Gasteiger charge is -2.32. The van der Waals surface area contributed by atoms with Crippen LogP contribution in [0.2, 0.25) is 0 Å². The first-order chi connectivity index (χ1) is 6.27. The molecule has 2 rings (SSSR count). The van der Waals surface area contributed by atoms with Crippen LogP contribution in [0.5, 0.6) is 0 Å². The standard InChI is InChI=1S/C8H14N4O/c1-7-8(10-13-9-7)12-5-3-11(2)4-6-12/h3-6H2,1-2H3. The van der Waals surface area contributed by atoms with E-state index in [1.165, 1.54) is 0 Å². The highest BCUT2D eigenvalue weighted by Gasteiger charge is 2.18. The van der Waals surface area contributed by atoms with E-state index in [-0.39, 0.29) is 0 Å². The lowest BCUT2D eigenvalue weighted by atomic mass is 10.3. The van der Waals surface area contributed by atoms with Gasteiger partial charge in [-0.3, -0.25) is 0 Å². The van der Waals surface area contributed by atoms with Crippen LogP contribution in [0, 0.1) is 6.92 Å². The topological polar surface area (TPSA) is 45.4 Å². The zero-order valence-electron chi connectivity index (χ0n) is 8.03. The first kappa shape index (κ1) is 8.50. The molecule has 2 heterocycles. The van der Waals surface area contributed by atoms with E-state index in [2.05, 4.69) is 31.8 Å². The number of likely N-dealkylation sites (N-methyl/N-ethyl adjacent to an activating group) is 1. The molecule has 0 spiro atoms. The van der Waals surface area contributed by atoms with Crippen LogP contribution in [-0.4, -0.2) is 48.4 Å². The molecule has 5 heteroatoms. The van der Waals surface area contributed by atoms with Crippen molar-refractivity contribution < 1.29 is 4.63 Å². The average molecular weight is 182 g/mol. The molecule has 0 bridgehead atoms. The smallest absolute Gasteiger partial charge is 0.196 e. The quantitative estimate of drug-likeness (QED) is 0.617. The van der Waals surface area contributed by atoms with E-state index in [0.29, 0.717) is 0 Å². The third-order valence-electron chi connectivity index (χ3n) is 2.43. The van der Waals surface area contributed by atoms with E-state index in [0.717, 1.165) is 37.7 Å². The average Bonchev–Trinajstić information content (AvgIpc) is 2.53. The number of rotatable bonds is 1. The SMILES string of the molecule is Cc1nonc1N1CCN(C)CC1. The first-order valence-corrected chi connectivity index (χ1v) is 4.50. The Morgan fingerprint density at radius 2 is 1.85 bits per heavy atom. The van der Waals surface area contributed by atoms with E-state index in [4.69, 9.17) is 0 Å². The fourth-order valence-corrected chi connectivity index (χ4v) is 1.53. The van der Waals surface area contributed by atoms with Gasteiger partial charge in [0, 0.05) is 26.2 Å². The van der Waals surface area contributed by atoms with Crippen LogP contribution in [0.1, 0.15) is 5.69 Å². The predicted molar refractivity (Wildman–Crippen MR) is 48.7 cm³/mol. The molecule has 0 unspecified atom stereocenters. The number of piperazine rings is 1.